The number of carbonyl (C=O) groups excluding carboxylic acids is 1. The summed E-state index contributed by atoms with van der Waals surface area (Å²) in [4.78, 5) is 27.9. The van der Waals surface area contributed by atoms with E-state index in [9.17, 15) is 9.59 Å². The molecule has 0 bridgehead atoms. The Bertz CT molecular complexity index is 1670. The molecule has 5 aromatic rings. The van der Waals surface area contributed by atoms with Gasteiger partial charge in [0.25, 0.3) is 5.56 Å². The highest BCUT2D eigenvalue weighted by Crippen LogP contribution is 2.43. The van der Waals surface area contributed by atoms with Gasteiger partial charge < -0.3 is 18.9 Å². The van der Waals surface area contributed by atoms with E-state index in [1.165, 1.54) is 25.9 Å². The molecule has 196 valence electrons. The molecule has 0 fully saturated rings. The number of esters is 1. The van der Waals surface area contributed by atoms with Crippen LogP contribution in [0.4, 0.5) is 0 Å². The van der Waals surface area contributed by atoms with E-state index >= 15 is 0 Å². The van der Waals surface area contributed by atoms with Crippen LogP contribution in [0.15, 0.2) is 102 Å². The molecule has 0 aliphatic heterocycles. The normalized spacial score (nSPS) is 10.7. The molecule has 0 aliphatic carbocycles. The lowest BCUT2D eigenvalue weighted by Gasteiger charge is -2.21. The van der Waals surface area contributed by atoms with Gasteiger partial charge in [-0.05, 0) is 46.8 Å². The maximum atomic E-state index is 14.0. The van der Waals surface area contributed by atoms with Gasteiger partial charge in [0, 0.05) is 16.6 Å². The van der Waals surface area contributed by atoms with Crippen LogP contribution in [0.2, 0.25) is 0 Å². The summed E-state index contributed by atoms with van der Waals surface area (Å²) in [5.41, 5.74) is 2.22. The van der Waals surface area contributed by atoms with Crippen LogP contribution in [0.5, 0.6) is 17.2 Å². The molecule has 7 heteroatoms. The Morgan fingerprint density at radius 1 is 0.718 bits per heavy atom. The first-order chi connectivity index (χ1) is 19.1. The first-order valence-corrected chi connectivity index (χ1v) is 12.3. The van der Waals surface area contributed by atoms with Gasteiger partial charge in [-0.3, -0.25) is 9.36 Å². The zero-order valence-corrected chi connectivity index (χ0v) is 21.8. The van der Waals surface area contributed by atoms with Gasteiger partial charge in [0.15, 0.2) is 11.5 Å². The first-order valence-electron chi connectivity index (χ1n) is 12.3. The predicted molar refractivity (Wildman–Crippen MR) is 150 cm³/mol. The van der Waals surface area contributed by atoms with Crippen LogP contribution in [0.25, 0.3) is 27.6 Å². The van der Waals surface area contributed by atoms with E-state index in [0.29, 0.717) is 44.8 Å². The number of carbonyl (C=O) groups is 1. The largest absolute Gasteiger partial charge is 0.493 e. The molecule has 0 spiro atoms. The summed E-state index contributed by atoms with van der Waals surface area (Å²) in [7, 11) is 4.58. The number of methoxy groups -OCH3 is 3. The smallest absolute Gasteiger partial charge is 0.356 e. The quantitative estimate of drug-likeness (QED) is 0.232. The molecule has 0 saturated carbocycles. The first kappa shape index (κ1) is 25.6. The highest BCUT2D eigenvalue weighted by molar-refractivity contribution is 6.07. The topological polar surface area (TPSA) is 76.0 Å². The number of rotatable bonds is 8. The van der Waals surface area contributed by atoms with Crippen LogP contribution in [-0.2, 0) is 11.3 Å². The standard InChI is InChI=1S/C32H27NO6/c1-36-26-18-22(19-27(37-2)30(26)38-3)28-24-16-10-11-17-25(24)31(34)33(23-14-8-5-9-15-23)29(28)32(35)39-20-21-12-6-4-7-13-21/h4-19H,20H2,1-3H3. The maximum absolute atomic E-state index is 14.0. The monoisotopic (exact) mass is 521 g/mol. The SMILES string of the molecule is COc1cc(-c2c(C(=O)OCc3ccccc3)n(-c3ccccc3)c(=O)c3ccccc23)cc(OC)c1OC. The van der Waals surface area contributed by atoms with Crippen molar-refractivity contribution < 1.29 is 23.7 Å². The van der Waals surface area contributed by atoms with E-state index in [1.54, 1.807) is 36.4 Å². The fourth-order valence-corrected chi connectivity index (χ4v) is 4.67. The second-order valence-electron chi connectivity index (χ2n) is 8.72. The zero-order chi connectivity index (χ0) is 27.4. The van der Waals surface area contributed by atoms with Crippen molar-refractivity contribution in [2.24, 2.45) is 0 Å². The minimum atomic E-state index is -0.644. The van der Waals surface area contributed by atoms with Gasteiger partial charge in [0.1, 0.15) is 12.3 Å². The van der Waals surface area contributed by atoms with E-state index in [1.807, 2.05) is 60.7 Å². The molecule has 1 aromatic heterocycles. The number of ether oxygens (including phenoxy) is 4. The molecule has 0 radical (unpaired) electrons. The number of benzene rings is 4. The molecule has 0 aliphatic rings. The fourth-order valence-electron chi connectivity index (χ4n) is 4.67. The maximum Gasteiger partial charge on any atom is 0.356 e. The van der Waals surface area contributed by atoms with Crippen molar-refractivity contribution in [1.82, 2.24) is 4.57 Å². The van der Waals surface area contributed by atoms with Crippen molar-refractivity contribution in [3.05, 3.63) is 119 Å². The van der Waals surface area contributed by atoms with E-state index in [2.05, 4.69) is 0 Å². The van der Waals surface area contributed by atoms with Gasteiger partial charge in [-0.2, -0.15) is 0 Å². The van der Waals surface area contributed by atoms with E-state index in [-0.39, 0.29) is 17.9 Å². The molecule has 0 saturated heterocycles. The van der Waals surface area contributed by atoms with Gasteiger partial charge >= 0.3 is 5.97 Å². The van der Waals surface area contributed by atoms with Crippen LogP contribution < -0.4 is 19.8 Å². The third-order valence-corrected chi connectivity index (χ3v) is 6.46. The minimum Gasteiger partial charge on any atom is -0.493 e. The predicted octanol–water partition coefficient (Wildman–Crippen LogP) is 6.04. The van der Waals surface area contributed by atoms with Crippen molar-refractivity contribution in [3.63, 3.8) is 0 Å². The average molecular weight is 522 g/mol. The second kappa shape index (κ2) is 11.1. The van der Waals surface area contributed by atoms with Crippen molar-refractivity contribution >= 4 is 16.7 Å². The van der Waals surface area contributed by atoms with E-state index in [0.717, 1.165) is 5.56 Å². The summed E-state index contributed by atoms with van der Waals surface area (Å²) >= 11 is 0. The Kier molecular flexibility index (Phi) is 7.32. The van der Waals surface area contributed by atoms with Gasteiger partial charge in [-0.25, -0.2) is 4.79 Å². The number of pyridine rings is 1. The number of para-hydroxylation sites is 1. The molecule has 0 amide bonds. The van der Waals surface area contributed by atoms with Crippen LogP contribution >= 0.6 is 0 Å². The zero-order valence-electron chi connectivity index (χ0n) is 21.8. The number of aromatic nitrogens is 1. The number of hydrogen-bond acceptors (Lipinski definition) is 6. The molecule has 0 unspecified atom stereocenters. The molecular formula is C32H27NO6. The lowest BCUT2D eigenvalue weighted by molar-refractivity contribution is 0.0463. The van der Waals surface area contributed by atoms with Crippen molar-refractivity contribution in [3.8, 4) is 34.1 Å². The lowest BCUT2D eigenvalue weighted by atomic mass is 9.95. The molecule has 5 rings (SSSR count). The van der Waals surface area contributed by atoms with Gasteiger partial charge in [0.05, 0.1) is 21.3 Å². The van der Waals surface area contributed by atoms with Crippen LogP contribution in [0, 0.1) is 0 Å². The third kappa shape index (κ3) is 4.82. The molecule has 39 heavy (non-hydrogen) atoms. The van der Waals surface area contributed by atoms with Crippen LogP contribution in [0.1, 0.15) is 16.1 Å². The molecular weight excluding hydrogens is 494 g/mol. The van der Waals surface area contributed by atoms with E-state index < -0.39 is 5.97 Å². The van der Waals surface area contributed by atoms with E-state index in [4.69, 9.17) is 18.9 Å². The summed E-state index contributed by atoms with van der Waals surface area (Å²) in [6.45, 7) is 0.0458. The highest BCUT2D eigenvalue weighted by atomic mass is 16.5. The van der Waals surface area contributed by atoms with Gasteiger partial charge in [-0.1, -0.05) is 66.7 Å². The summed E-state index contributed by atoms with van der Waals surface area (Å²) in [5.74, 6) is 0.598. The van der Waals surface area contributed by atoms with Crippen molar-refractivity contribution in [2.45, 2.75) is 6.61 Å². The Labute approximate surface area is 225 Å². The second-order valence-corrected chi connectivity index (χ2v) is 8.72. The van der Waals surface area contributed by atoms with Crippen LogP contribution in [0.3, 0.4) is 0 Å². The highest BCUT2D eigenvalue weighted by Gasteiger charge is 2.27. The number of fused-ring (bicyclic) bond motifs is 1. The Morgan fingerprint density at radius 3 is 1.87 bits per heavy atom. The minimum absolute atomic E-state index is 0.0458. The van der Waals surface area contributed by atoms with Crippen molar-refractivity contribution in [1.29, 1.82) is 0 Å². The van der Waals surface area contributed by atoms with Crippen LogP contribution in [-0.4, -0.2) is 31.9 Å². The molecule has 0 N–H and O–H groups in total. The fraction of sp³-hybridized carbons (Fsp3) is 0.125. The lowest BCUT2D eigenvalue weighted by Crippen LogP contribution is -2.27. The Balaban J connectivity index is 1.85. The Hall–Kier alpha value is -5.04. The van der Waals surface area contributed by atoms with Gasteiger partial charge in [-0.15, -0.1) is 0 Å². The van der Waals surface area contributed by atoms with Gasteiger partial charge in [0.2, 0.25) is 5.75 Å². The molecule has 0 atom stereocenters. The average Bonchev–Trinajstić information content (AvgIpc) is 3.00. The number of hydrogen-bond donors (Lipinski definition) is 0. The third-order valence-electron chi connectivity index (χ3n) is 6.46. The summed E-state index contributed by atoms with van der Waals surface area (Å²) < 4.78 is 24.0. The Morgan fingerprint density at radius 2 is 1.28 bits per heavy atom. The summed E-state index contributed by atoms with van der Waals surface area (Å²) in [6.07, 6.45) is 0. The molecule has 7 nitrogen and oxygen atoms in total. The summed E-state index contributed by atoms with van der Waals surface area (Å²) in [6, 6.07) is 29.1. The molecule has 4 aromatic carbocycles. The molecule has 1 heterocycles. The number of nitrogens with zero attached hydrogens (tertiary/aromatic N) is 1. The van der Waals surface area contributed by atoms with Crippen molar-refractivity contribution in [2.75, 3.05) is 21.3 Å². The summed E-state index contributed by atoms with van der Waals surface area (Å²) in [5, 5.41) is 1.04.